The fraction of sp³-hybridized carbons (Fsp3) is 0.562. The van der Waals surface area contributed by atoms with Crippen molar-refractivity contribution in [1.29, 1.82) is 0 Å². The first-order valence-corrected chi connectivity index (χ1v) is 7.39. The number of ether oxygens (including phenoxy) is 3. The molecule has 21 heavy (non-hydrogen) atoms. The van der Waals surface area contributed by atoms with Gasteiger partial charge in [-0.25, -0.2) is 4.79 Å². The van der Waals surface area contributed by atoms with Gasteiger partial charge in [-0.3, -0.25) is 0 Å². The smallest absolute Gasteiger partial charge is 0.328 e. The van der Waals surface area contributed by atoms with Crippen molar-refractivity contribution in [3.8, 4) is 5.75 Å². The molecule has 1 aromatic rings. The van der Waals surface area contributed by atoms with Crippen molar-refractivity contribution >= 4 is 11.7 Å². The summed E-state index contributed by atoms with van der Waals surface area (Å²) in [5.74, 6) is 0.833. The lowest BCUT2D eigenvalue weighted by atomic mass is 9.91. The highest BCUT2D eigenvalue weighted by Crippen LogP contribution is 2.24. The van der Waals surface area contributed by atoms with E-state index in [0.717, 1.165) is 24.3 Å². The first kappa shape index (κ1) is 15.6. The van der Waals surface area contributed by atoms with Gasteiger partial charge in [0.2, 0.25) is 0 Å². The van der Waals surface area contributed by atoms with E-state index in [-0.39, 0.29) is 17.9 Å². The number of anilines is 1. The number of benzene rings is 1. The molecule has 0 saturated carbocycles. The van der Waals surface area contributed by atoms with Gasteiger partial charge in [-0.15, -0.1) is 0 Å². The van der Waals surface area contributed by atoms with Crippen LogP contribution in [-0.4, -0.2) is 38.9 Å². The molecule has 1 N–H and O–H groups in total. The fourth-order valence-corrected chi connectivity index (χ4v) is 2.52. The standard InChI is InChI=1S/C16H23NO4/c1-3-21-16(18)15(12-8-10-20-11-9-12)17-13-4-6-14(19-2)7-5-13/h4-7,12,15,17H,3,8-11H2,1-2H3. The van der Waals surface area contributed by atoms with Crippen molar-refractivity contribution < 1.29 is 19.0 Å². The molecule has 1 aliphatic rings. The van der Waals surface area contributed by atoms with E-state index in [1.165, 1.54) is 0 Å². The molecule has 1 heterocycles. The number of hydrogen-bond acceptors (Lipinski definition) is 5. The molecule has 2 rings (SSSR count). The van der Waals surface area contributed by atoms with Gasteiger partial charge in [0.1, 0.15) is 11.8 Å². The summed E-state index contributed by atoms with van der Waals surface area (Å²) < 4.78 is 15.7. The van der Waals surface area contributed by atoms with E-state index >= 15 is 0 Å². The number of hydrogen-bond donors (Lipinski definition) is 1. The monoisotopic (exact) mass is 293 g/mol. The van der Waals surface area contributed by atoms with E-state index in [1.807, 2.05) is 31.2 Å². The van der Waals surface area contributed by atoms with Crippen LogP contribution in [0.25, 0.3) is 0 Å². The highest BCUT2D eigenvalue weighted by molar-refractivity contribution is 5.79. The van der Waals surface area contributed by atoms with Gasteiger partial charge in [-0.05, 0) is 49.9 Å². The van der Waals surface area contributed by atoms with Gasteiger partial charge in [-0.1, -0.05) is 0 Å². The second-order valence-corrected chi connectivity index (χ2v) is 5.05. The van der Waals surface area contributed by atoms with Crippen LogP contribution in [0.5, 0.6) is 5.75 Å². The molecule has 0 spiro atoms. The second kappa shape index (κ2) is 7.88. The number of rotatable bonds is 6. The summed E-state index contributed by atoms with van der Waals surface area (Å²) in [7, 11) is 1.63. The predicted molar refractivity (Wildman–Crippen MR) is 80.6 cm³/mol. The SMILES string of the molecule is CCOC(=O)C(Nc1ccc(OC)cc1)C1CCOCC1. The zero-order valence-electron chi connectivity index (χ0n) is 12.6. The summed E-state index contributed by atoms with van der Waals surface area (Å²) in [6.45, 7) is 3.62. The first-order valence-electron chi connectivity index (χ1n) is 7.39. The van der Waals surface area contributed by atoms with Crippen LogP contribution in [0, 0.1) is 5.92 Å². The van der Waals surface area contributed by atoms with Crippen molar-refractivity contribution in [3.63, 3.8) is 0 Å². The molecule has 1 saturated heterocycles. The molecule has 1 aliphatic heterocycles. The van der Waals surface area contributed by atoms with Crippen molar-refractivity contribution in [2.45, 2.75) is 25.8 Å². The number of carbonyl (C=O) groups is 1. The van der Waals surface area contributed by atoms with Crippen LogP contribution < -0.4 is 10.1 Å². The molecule has 0 aromatic heterocycles. The molecule has 0 bridgehead atoms. The zero-order valence-corrected chi connectivity index (χ0v) is 12.6. The van der Waals surface area contributed by atoms with Crippen molar-refractivity contribution in [2.75, 3.05) is 32.2 Å². The molecule has 1 atom stereocenters. The Morgan fingerprint density at radius 1 is 1.33 bits per heavy atom. The Bertz CT molecular complexity index is 440. The Balaban J connectivity index is 2.07. The lowest BCUT2D eigenvalue weighted by molar-refractivity contribution is -0.146. The van der Waals surface area contributed by atoms with Gasteiger partial charge in [0.25, 0.3) is 0 Å². The van der Waals surface area contributed by atoms with E-state index in [4.69, 9.17) is 14.2 Å². The Morgan fingerprint density at radius 2 is 2.00 bits per heavy atom. The number of esters is 1. The summed E-state index contributed by atoms with van der Waals surface area (Å²) in [6, 6.07) is 7.22. The van der Waals surface area contributed by atoms with Crippen LogP contribution >= 0.6 is 0 Å². The minimum atomic E-state index is -0.331. The predicted octanol–water partition coefficient (Wildman–Crippen LogP) is 2.47. The quantitative estimate of drug-likeness (QED) is 0.817. The van der Waals surface area contributed by atoms with Gasteiger partial charge in [0.05, 0.1) is 13.7 Å². The lowest BCUT2D eigenvalue weighted by Crippen LogP contribution is -2.41. The Hall–Kier alpha value is -1.75. The normalized spacial score (nSPS) is 17.0. The molecular weight excluding hydrogens is 270 g/mol. The minimum Gasteiger partial charge on any atom is -0.497 e. The topological polar surface area (TPSA) is 56.8 Å². The Morgan fingerprint density at radius 3 is 2.57 bits per heavy atom. The summed E-state index contributed by atoms with van der Waals surface area (Å²) in [5.41, 5.74) is 0.889. The van der Waals surface area contributed by atoms with Gasteiger partial charge in [0.15, 0.2) is 0 Å². The summed E-state index contributed by atoms with van der Waals surface area (Å²) in [6.07, 6.45) is 1.74. The third-order valence-corrected chi connectivity index (χ3v) is 3.69. The van der Waals surface area contributed by atoms with E-state index in [1.54, 1.807) is 7.11 Å². The maximum atomic E-state index is 12.2. The van der Waals surface area contributed by atoms with Crippen LogP contribution in [0.15, 0.2) is 24.3 Å². The third-order valence-electron chi connectivity index (χ3n) is 3.69. The maximum absolute atomic E-state index is 12.2. The average molecular weight is 293 g/mol. The minimum absolute atomic E-state index is 0.194. The third kappa shape index (κ3) is 4.36. The summed E-state index contributed by atoms with van der Waals surface area (Å²) >= 11 is 0. The van der Waals surface area contributed by atoms with Crippen molar-refractivity contribution in [3.05, 3.63) is 24.3 Å². The number of methoxy groups -OCH3 is 1. The van der Waals surface area contributed by atoms with E-state index < -0.39 is 0 Å². The first-order chi connectivity index (χ1) is 10.2. The second-order valence-electron chi connectivity index (χ2n) is 5.05. The van der Waals surface area contributed by atoms with Crippen LogP contribution in [0.1, 0.15) is 19.8 Å². The zero-order chi connectivity index (χ0) is 15.1. The molecule has 0 aliphatic carbocycles. The highest BCUT2D eigenvalue weighted by Gasteiger charge is 2.30. The molecule has 5 heteroatoms. The molecule has 0 amide bonds. The molecule has 5 nitrogen and oxygen atoms in total. The summed E-state index contributed by atoms with van der Waals surface area (Å²) in [4.78, 5) is 12.2. The van der Waals surface area contributed by atoms with Gasteiger partial charge in [0, 0.05) is 18.9 Å². The van der Waals surface area contributed by atoms with Crippen molar-refractivity contribution in [1.82, 2.24) is 0 Å². The number of carbonyl (C=O) groups excluding carboxylic acids is 1. The van der Waals surface area contributed by atoms with Crippen LogP contribution in [0.4, 0.5) is 5.69 Å². The number of nitrogens with one attached hydrogen (secondary N) is 1. The molecule has 1 aromatic carbocycles. The largest absolute Gasteiger partial charge is 0.497 e. The van der Waals surface area contributed by atoms with E-state index in [0.29, 0.717) is 19.8 Å². The fourth-order valence-electron chi connectivity index (χ4n) is 2.52. The van der Waals surface area contributed by atoms with Crippen LogP contribution in [0.2, 0.25) is 0 Å². The molecule has 0 radical (unpaired) electrons. The van der Waals surface area contributed by atoms with Crippen LogP contribution in [-0.2, 0) is 14.3 Å². The van der Waals surface area contributed by atoms with Gasteiger partial charge in [-0.2, -0.15) is 0 Å². The Kier molecular flexibility index (Phi) is 5.87. The van der Waals surface area contributed by atoms with Crippen LogP contribution in [0.3, 0.4) is 0 Å². The van der Waals surface area contributed by atoms with Crippen molar-refractivity contribution in [2.24, 2.45) is 5.92 Å². The molecule has 1 unspecified atom stereocenters. The highest BCUT2D eigenvalue weighted by atomic mass is 16.5. The molecular formula is C16H23NO4. The Labute approximate surface area is 125 Å². The molecule has 116 valence electrons. The molecule has 1 fully saturated rings. The maximum Gasteiger partial charge on any atom is 0.328 e. The average Bonchev–Trinajstić information content (AvgIpc) is 2.54. The van der Waals surface area contributed by atoms with Gasteiger partial charge >= 0.3 is 5.97 Å². The van der Waals surface area contributed by atoms with E-state index in [9.17, 15) is 4.79 Å². The summed E-state index contributed by atoms with van der Waals surface area (Å²) in [5, 5.41) is 3.30. The lowest BCUT2D eigenvalue weighted by Gasteiger charge is -2.30. The van der Waals surface area contributed by atoms with Gasteiger partial charge < -0.3 is 19.5 Å². The van der Waals surface area contributed by atoms with E-state index in [2.05, 4.69) is 5.32 Å².